The second-order valence-electron chi connectivity index (χ2n) is 10.3. The second kappa shape index (κ2) is 6.13. The van der Waals surface area contributed by atoms with Crippen LogP contribution in [0, 0.1) is 23.2 Å². The molecule has 0 amide bonds. The third-order valence-corrected chi connectivity index (χ3v) is 8.88. The molecule has 2 saturated carbocycles. The Morgan fingerprint density at radius 2 is 1.79 bits per heavy atom. The maximum Gasteiger partial charge on any atom is 0.174 e. The van der Waals surface area contributed by atoms with Crippen LogP contribution in [-0.2, 0) is 28.5 Å². The van der Waals surface area contributed by atoms with Crippen LogP contribution >= 0.6 is 0 Å². The highest BCUT2D eigenvalue weighted by molar-refractivity contribution is 5.86. The molecule has 6 rings (SSSR count). The Kier molecular flexibility index (Phi) is 4.00. The Bertz CT molecular complexity index is 736. The summed E-state index contributed by atoms with van der Waals surface area (Å²) < 4.78 is 30.8. The summed E-state index contributed by atoms with van der Waals surface area (Å²) in [5.41, 5.74) is -0.840. The molecule has 0 N–H and O–H groups in total. The van der Waals surface area contributed by atoms with Crippen molar-refractivity contribution in [1.82, 2.24) is 0 Å². The van der Waals surface area contributed by atoms with Crippen LogP contribution < -0.4 is 0 Å². The summed E-state index contributed by atoms with van der Waals surface area (Å²) >= 11 is 0. The summed E-state index contributed by atoms with van der Waals surface area (Å²) in [6.45, 7) is 6.76. The summed E-state index contributed by atoms with van der Waals surface area (Å²) in [6.07, 6.45) is 9.62. The zero-order valence-corrected chi connectivity index (χ0v) is 17.5. The lowest BCUT2D eigenvalue weighted by molar-refractivity contribution is -0.293. The van der Waals surface area contributed by atoms with Gasteiger partial charge in [0.15, 0.2) is 11.6 Å². The van der Waals surface area contributed by atoms with Gasteiger partial charge in [-0.05, 0) is 26.2 Å². The lowest BCUT2D eigenvalue weighted by atomic mass is 9.47. The fraction of sp³-hybridized carbons (Fsp3) is 0.870. The summed E-state index contributed by atoms with van der Waals surface area (Å²) in [5.74, 6) is -0.463. The molecule has 0 aromatic carbocycles. The normalized spacial score (nSPS) is 49.0. The SMILES string of the molecule is CC1(CC[C@@H]2[C@@H]3C=C[C@@]4(O3)[C@H]2C(=O)C[C@@]2(C)[C@H]4CCCC23OCCO3)OCCO1. The average molecular weight is 405 g/mol. The number of carbonyl (C=O) groups is 1. The van der Waals surface area contributed by atoms with Crippen molar-refractivity contribution >= 4 is 5.78 Å². The molecular formula is C23H32O6. The Morgan fingerprint density at radius 3 is 2.55 bits per heavy atom. The molecule has 5 fully saturated rings. The van der Waals surface area contributed by atoms with Gasteiger partial charge in [0.05, 0.1) is 38.4 Å². The molecule has 6 atom stereocenters. The fourth-order valence-electron chi connectivity index (χ4n) is 7.65. The minimum absolute atomic E-state index is 0.0135. The highest BCUT2D eigenvalue weighted by atomic mass is 16.7. The van der Waals surface area contributed by atoms with E-state index in [2.05, 4.69) is 19.1 Å². The van der Waals surface area contributed by atoms with Crippen LogP contribution in [0.2, 0.25) is 0 Å². The molecule has 6 aliphatic rings. The van der Waals surface area contributed by atoms with Crippen molar-refractivity contribution in [1.29, 1.82) is 0 Å². The minimum atomic E-state index is -0.627. The van der Waals surface area contributed by atoms with E-state index >= 15 is 0 Å². The summed E-state index contributed by atoms with van der Waals surface area (Å²) in [4.78, 5) is 13.7. The minimum Gasteiger partial charge on any atom is -0.362 e. The molecule has 2 spiro atoms. The van der Waals surface area contributed by atoms with Gasteiger partial charge in [-0.15, -0.1) is 0 Å². The van der Waals surface area contributed by atoms with Gasteiger partial charge in [-0.3, -0.25) is 4.79 Å². The number of hydrogen-bond acceptors (Lipinski definition) is 6. The van der Waals surface area contributed by atoms with Crippen LogP contribution in [-0.4, -0.2) is 55.5 Å². The van der Waals surface area contributed by atoms with E-state index in [9.17, 15) is 4.79 Å². The quantitative estimate of drug-likeness (QED) is 0.674. The first-order valence-corrected chi connectivity index (χ1v) is 11.4. The highest BCUT2D eigenvalue weighted by Gasteiger charge is 2.73. The van der Waals surface area contributed by atoms with Gasteiger partial charge >= 0.3 is 0 Å². The maximum atomic E-state index is 13.7. The third kappa shape index (κ3) is 2.38. The molecule has 2 bridgehead atoms. The largest absolute Gasteiger partial charge is 0.362 e. The van der Waals surface area contributed by atoms with Gasteiger partial charge in [0.1, 0.15) is 11.4 Å². The van der Waals surface area contributed by atoms with Crippen LogP contribution in [0.3, 0.4) is 0 Å². The van der Waals surface area contributed by atoms with E-state index in [0.29, 0.717) is 38.6 Å². The molecule has 0 unspecified atom stereocenters. The molecule has 4 heterocycles. The van der Waals surface area contributed by atoms with Crippen molar-refractivity contribution in [2.24, 2.45) is 23.2 Å². The Hall–Kier alpha value is -0.790. The van der Waals surface area contributed by atoms with Crippen molar-refractivity contribution in [2.45, 2.75) is 75.7 Å². The van der Waals surface area contributed by atoms with Crippen molar-refractivity contribution in [3.8, 4) is 0 Å². The van der Waals surface area contributed by atoms with Crippen LogP contribution in [0.1, 0.15) is 52.4 Å². The predicted octanol–water partition coefficient (Wildman–Crippen LogP) is 2.99. The maximum absolute atomic E-state index is 13.7. The van der Waals surface area contributed by atoms with Crippen molar-refractivity contribution < 1.29 is 28.5 Å². The Morgan fingerprint density at radius 1 is 1.07 bits per heavy atom. The van der Waals surface area contributed by atoms with E-state index in [1.165, 1.54) is 0 Å². The first kappa shape index (κ1) is 18.9. The van der Waals surface area contributed by atoms with Gasteiger partial charge in [-0.1, -0.05) is 19.1 Å². The van der Waals surface area contributed by atoms with Gasteiger partial charge in [0, 0.05) is 36.5 Å². The van der Waals surface area contributed by atoms with E-state index in [1.54, 1.807) is 0 Å². The Labute approximate surface area is 172 Å². The molecule has 0 aromatic heterocycles. The van der Waals surface area contributed by atoms with E-state index in [4.69, 9.17) is 23.7 Å². The van der Waals surface area contributed by atoms with Gasteiger partial charge in [0.2, 0.25) is 0 Å². The van der Waals surface area contributed by atoms with Gasteiger partial charge in [0.25, 0.3) is 0 Å². The fourth-order valence-corrected chi connectivity index (χ4v) is 7.65. The molecule has 6 nitrogen and oxygen atoms in total. The predicted molar refractivity (Wildman–Crippen MR) is 103 cm³/mol. The zero-order valence-electron chi connectivity index (χ0n) is 17.5. The number of ketones is 1. The molecule has 3 saturated heterocycles. The lowest BCUT2D eigenvalue weighted by Gasteiger charge is -2.60. The first-order valence-electron chi connectivity index (χ1n) is 11.4. The number of Topliss-reactive ketones (excluding diaryl/α,β-unsaturated/α-hetero) is 1. The monoisotopic (exact) mass is 404 g/mol. The van der Waals surface area contributed by atoms with Crippen LogP contribution in [0.4, 0.5) is 0 Å². The summed E-state index contributed by atoms with van der Waals surface area (Å²) in [6, 6.07) is 0. The molecule has 0 radical (unpaired) electrons. The molecular weight excluding hydrogens is 372 g/mol. The summed E-state index contributed by atoms with van der Waals surface area (Å²) in [5, 5.41) is 0. The first-order chi connectivity index (χ1) is 13.9. The number of hydrogen-bond donors (Lipinski definition) is 0. The van der Waals surface area contributed by atoms with Crippen molar-refractivity contribution in [3.63, 3.8) is 0 Å². The molecule has 29 heavy (non-hydrogen) atoms. The molecule has 0 aromatic rings. The molecule has 4 aliphatic heterocycles. The molecule has 160 valence electrons. The van der Waals surface area contributed by atoms with Gasteiger partial charge < -0.3 is 23.7 Å². The van der Waals surface area contributed by atoms with E-state index in [-0.39, 0.29) is 29.3 Å². The van der Waals surface area contributed by atoms with Crippen molar-refractivity contribution in [2.75, 3.05) is 26.4 Å². The molecule has 6 heteroatoms. The topological polar surface area (TPSA) is 63.2 Å². The van der Waals surface area contributed by atoms with Crippen LogP contribution in [0.5, 0.6) is 0 Å². The van der Waals surface area contributed by atoms with Gasteiger partial charge in [-0.25, -0.2) is 0 Å². The summed E-state index contributed by atoms with van der Waals surface area (Å²) in [7, 11) is 0. The second-order valence-corrected chi connectivity index (χ2v) is 10.3. The van der Waals surface area contributed by atoms with E-state index < -0.39 is 17.2 Å². The van der Waals surface area contributed by atoms with Crippen LogP contribution in [0.25, 0.3) is 0 Å². The number of fused-ring (bicyclic) bond motifs is 3. The smallest absolute Gasteiger partial charge is 0.174 e. The van der Waals surface area contributed by atoms with Gasteiger partial charge in [-0.2, -0.15) is 0 Å². The third-order valence-electron chi connectivity index (χ3n) is 8.88. The Balaban J connectivity index is 1.32. The number of carbonyl (C=O) groups excluding carboxylic acids is 1. The highest BCUT2D eigenvalue weighted by Crippen LogP contribution is 2.67. The lowest BCUT2D eigenvalue weighted by Crippen LogP contribution is -2.66. The average Bonchev–Trinajstić information content (AvgIpc) is 3.46. The van der Waals surface area contributed by atoms with Crippen molar-refractivity contribution in [3.05, 3.63) is 12.2 Å². The van der Waals surface area contributed by atoms with Crippen LogP contribution in [0.15, 0.2) is 12.2 Å². The standard InChI is InChI=1S/C23H32O6/c1-20-14-16(24)19-15(5-8-21(2)25-10-11-26-21)17-6-9-22(19,29-17)18(20)4-3-7-23(20)27-12-13-28-23/h6,9,15,17-19H,3-5,7-8,10-14H2,1-2H3/t15-,17+,18-,19-,20+,22+/m1/s1. The van der Waals surface area contributed by atoms with E-state index in [1.807, 2.05) is 6.92 Å². The number of rotatable bonds is 3. The zero-order chi connectivity index (χ0) is 19.9. The number of ether oxygens (including phenoxy) is 5. The molecule has 2 aliphatic carbocycles. The van der Waals surface area contributed by atoms with E-state index in [0.717, 1.165) is 32.1 Å².